The van der Waals surface area contributed by atoms with Gasteiger partial charge < -0.3 is 15.3 Å². The number of carboxylic acid groups (broad SMARTS) is 1. The third-order valence-corrected chi connectivity index (χ3v) is 5.99. The van der Waals surface area contributed by atoms with Crippen LogP contribution >= 0.6 is 11.8 Å². The number of hydrogen-bond acceptors (Lipinski definition) is 7. The standard InChI is InChI=1S/C22H39NO7S/c1-3-5-7-9-11-13-19(26)23(20(27)14-12-10-8-6-4-2)17(21(28)29)16-31-22(30)18(25)15-24/h17-18,24-25H,3-16H2,1-2H3,(H,28,29)/t17-,18?/m0/s1. The molecule has 0 aliphatic heterocycles. The summed E-state index contributed by atoms with van der Waals surface area (Å²) in [7, 11) is 0. The summed E-state index contributed by atoms with van der Waals surface area (Å²) in [4.78, 5) is 50.0. The molecule has 0 aromatic rings. The van der Waals surface area contributed by atoms with Gasteiger partial charge in [0.25, 0.3) is 0 Å². The second kappa shape index (κ2) is 18.2. The zero-order chi connectivity index (χ0) is 23.6. The molecule has 0 aromatic carbocycles. The highest BCUT2D eigenvalue weighted by molar-refractivity contribution is 8.13. The van der Waals surface area contributed by atoms with Crippen LogP contribution in [0.5, 0.6) is 0 Å². The van der Waals surface area contributed by atoms with Crippen molar-refractivity contribution in [2.24, 2.45) is 0 Å². The van der Waals surface area contributed by atoms with Crippen LogP contribution in [0.3, 0.4) is 0 Å². The van der Waals surface area contributed by atoms with Gasteiger partial charge in [-0.15, -0.1) is 0 Å². The Kier molecular flexibility index (Phi) is 17.3. The van der Waals surface area contributed by atoms with Crippen molar-refractivity contribution in [2.45, 2.75) is 103 Å². The van der Waals surface area contributed by atoms with Gasteiger partial charge in [-0.2, -0.15) is 0 Å². The predicted octanol–water partition coefficient (Wildman–Crippen LogP) is 3.13. The van der Waals surface area contributed by atoms with E-state index in [-0.39, 0.29) is 18.6 Å². The van der Waals surface area contributed by atoms with Gasteiger partial charge in [-0.05, 0) is 12.8 Å². The number of nitrogens with zero attached hydrogens (tertiary/aromatic N) is 1. The van der Waals surface area contributed by atoms with E-state index < -0.39 is 41.7 Å². The smallest absolute Gasteiger partial charge is 0.327 e. The largest absolute Gasteiger partial charge is 0.480 e. The van der Waals surface area contributed by atoms with E-state index >= 15 is 0 Å². The Labute approximate surface area is 189 Å². The Morgan fingerprint density at radius 2 is 1.26 bits per heavy atom. The summed E-state index contributed by atoms with van der Waals surface area (Å²) in [5.74, 6) is -2.83. The Balaban J connectivity index is 5.18. The zero-order valence-corrected chi connectivity index (χ0v) is 19.7. The number of aliphatic hydroxyl groups is 2. The fourth-order valence-corrected chi connectivity index (χ4v) is 3.96. The summed E-state index contributed by atoms with van der Waals surface area (Å²) >= 11 is 0.503. The molecule has 0 aliphatic rings. The predicted molar refractivity (Wildman–Crippen MR) is 121 cm³/mol. The van der Waals surface area contributed by atoms with Gasteiger partial charge in [-0.1, -0.05) is 77.0 Å². The minimum absolute atomic E-state index is 0.0763. The van der Waals surface area contributed by atoms with Crippen LogP contribution in [-0.4, -0.2) is 67.6 Å². The molecule has 8 nitrogen and oxygen atoms in total. The van der Waals surface area contributed by atoms with Crippen molar-refractivity contribution < 1.29 is 34.5 Å². The van der Waals surface area contributed by atoms with Crippen LogP contribution in [0.15, 0.2) is 0 Å². The maximum atomic E-state index is 12.8. The number of thioether (sulfide) groups is 1. The number of aliphatic carboxylic acids is 1. The first-order valence-electron chi connectivity index (χ1n) is 11.3. The summed E-state index contributed by atoms with van der Waals surface area (Å²) in [5, 5.41) is 27.1. The van der Waals surface area contributed by atoms with Gasteiger partial charge in [0.05, 0.1) is 6.61 Å². The van der Waals surface area contributed by atoms with Crippen LogP contribution in [0.25, 0.3) is 0 Å². The van der Waals surface area contributed by atoms with E-state index in [0.29, 0.717) is 24.6 Å². The number of amides is 2. The van der Waals surface area contributed by atoms with Crippen LogP contribution in [0.1, 0.15) is 90.9 Å². The summed E-state index contributed by atoms with van der Waals surface area (Å²) in [6, 6.07) is -1.49. The molecule has 2 atom stereocenters. The van der Waals surface area contributed by atoms with Crippen LogP contribution in [0, 0.1) is 0 Å². The van der Waals surface area contributed by atoms with Gasteiger partial charge in [0.15, 0.2) is 0 Å². The Hall–Kier alpha value is -1.45. The van der Waals surface area contributed by atoms with Crippen LogP contribution < -0.4 is 0 Å². The molecule has 31 heavy (non-hydrogen) atoms. The lowest BCUT2D eigenvalue weighted by molar-refractivity contribution is -0.157. The molecule has 0 bridgehead atoms. The number of imide groups is 1. The highest BCUT2D eigenvalue weighted by atomic mass is 32.2. The molecule has 3 N–H and O–H groups in total. The Bertz CT molecular complexity index is 530. The molecule has 0 fully saturated rings. The van der Waals surface area contributed by atoms with Crippen molar-refractivity contribution in [3.05, 3.63) is 0 Å². The number of aliphatic hydroxyl groups excluding tert-OH is 2. The number of carboxylic acids is 1. The van der Waals surface area contributed by atoms with Crippen LogP contribution in [0.2, 0.25) is 0 Å². The quantitative estimate of drug-likeness (QED) is 0.265. The molecule has 0 radical (unpaired) electrons. The van der Waals surface area contributed by atoms with Gasteiger partial charge >= 0.3 is 5.97 Å². The van der Waals surface area contributed by atoms with Gasteiger partial charge in [0.2, 0.25) is 16.9 Å². The normalized spacial score (nSPS) is 12.9. The molecular formula is C22H39NO7S. The fourth-order valence-electron chi connectivity index (χ4n) is 3.08. The lowest BCUT2D eigenvalue weighted by Crippen LogP contribution is -2.50. The van der Waals surface area contributed by atoms with E-state index in [2.05, 4.69) is 13.8 Å². The molecule has 0 saturated heterocycles. The first kappa shape index (κ1) is 29.5. The monoisotopic (exact) mass is 461 g/mol. The molecule has 2 amide bonds. The van der Waals surface area contributed by atoms with Crippen molar-refractivity contribution >= 4 is 34.7 Å². The number of hydrogen-bond donors (Lipinski definition) is 3. The summed E-state index contributed by atoms with van der Waals surface area (Å²) in [6.07, 6.45) is 7.49. The maximum absolute atomic E-state index is 12.8. The van der Waals surface area contributed by atoms with E-state index in [9.17, 15) is 29.4 Å². The molecule has 0 heterocycles. The minimum atomic E-state index is -1.63. The summed E-state index contributed by atoms with van der Waals surface area (Å²) in [5.41, 5.74) is 0. The van der Waals surface area contributed by atoms with Crippen molar-refractivity contribution in [3.8, 4) is 0 Å². The van der Waals surface area contributed by atoms with E-state index in [0.717, 1.165) is 56.3 Å². The Morgan fingerprint density at radius 1 is 0.806 bits per heavy atom. The van der Waals surface area contributed by atoms with Gasteiger partial charge in [0, 0.05) is 18.6 Å². The molecule has 180 valence electrons. The topological polar surface area (TPSA) is 132 Å². The van der Waals surface area contributed by atoms with Gasteiger partial charge in [0.1, 0.15) is 12.1 Å². The van der Waals surface area contributed by atoms with Crippen LogP contribution in [0.4, 0.5) is 0 Å². The lowest BCUT2D eigenvalue weighted by atomic mass is 10.1. The zero-order valence-electron chi connectivity index (χ0n) is 18.9. The lowest BCUT2D eigenvalue weighted by Gasteiger charge is -2.27. The van der Waals surface area contributed by atoms with Crippen molar-refractivity contribution in [3.63, 3.8) is 0 Å². The molecule has 0 saturated carbocycles. The van der Waals surface area contributed by atoms with Gasteiger partial charge in [-0.3, -0.25) is 19.3 Å². The second-order valence-corrected chi connectivity index (χ2v) is 8.69. The molecule has 0 spiro atoms. The Morgan fingerprint density at radius 3 is 1.65 bits per heavy atom. The van der Waals surface area contributed by atoms with Crippen molar-refractivity contribution in [2.75, 3.05) is 12.4 Å². The highest BCUT2D eigenvalue weighted by Gasteiger charge is 2.35. The summed E-state index contributed by atoms with van der Waals surface area (Å²) < 4.78 is 0. The highest BCUT2D eigenvalue weighted by Crippen LogP contribution is 2.18. The van der Waals surface area contributed by atoms with Crippen molar-refractivity contribution in [1.82, 2.24) is 4.90 Å². The fraction of sp³-hybridized carbons (Fsp3) is 0.818. The van der Waals surface area contributed by atoms with Crippen LogP contribution in [-0.2, 0) is 19.2 Å². The van der Waals surface area contributed by atoms with E-state index in [1.54, 1.807) is 0 Å². The average Bonchev–Trinajstić information content (AvgIpc) is 2.74. The number of carbonyl (C=O) groups is 4. The number of carbonyl (C=O) groups excluding carboxylic acids is 3. The van der Waals surface area contributed by atoms with Crippen molar-refractivity contribution in [1.29, 1.82) is 0 Å². The first-order valence-corrected chi connectivity index (χ1v) is 12.3. The molecule has 0 aromatic heterocycles. The van der Waals surface area contributed by atoms with Gasteiger partial charge in [-0.25, -0.2) is 4.79 Å². The maximum Gasteiger partial charge on any atom is 0.327 e. The molecular weight excluding hydrogens is 422 g/mol. The minimum Gasteiger partial charge on any atom is -0.480 e. The third kappa shape index (κ3) is 12.9. The van der Waals surface area contributed by atoms with E-state index in [1.165, 1.54) is 0 Å². The molecule has 0 aliphatic carbocycles. The van der Waals surface area contributed by atoms with E-state index in [1.807, 2.05) is 0 Å². The number of unbranched alkanes of at least 4 members (excludes halogenated alkanes) is 8. The number of rotatable bonds is 18. The van der Waals surface area contributed by atoms with E-state index in [4.69, 9.17) is 5.11 Å². The third-order valence-electron chi connectivity index (χ3n) is 4.95. The molecule has 9 heteroatoms. The average molecular weight is 462 g/mol. The second-order valence-electron chi connectivity index (χ2n) is 7.67. The molecule has 0 rings (SSSR count). The molecule has 1 unspecified atom stereocenters. The SMILES string of the molecule is CCCCCCCC(=O)N(C(=O)CCCCCCC)[C@@H](CSC(=O)C(O)CO)C(=O)O. The summed E-state index contributed by atoms with van der Waals surface area (Å²) in [6.45, 7) is 3.38. The first-order chi connectivity index (χ1) is 14.8.